The number of rotatable bonds is 5. The van der Waals surface area contributed by atoms with Crippen LogP contribution < -0.4 is 10.9 Å². The van der Waals surface area contributed by atoms with Gasteiger partial charge in [-0.25, -0.2) is 9.78 Å². The number of para-hydroxylation sites is 1. The van der Waals surface area contributed by atoms with Crippen LogP contribution in [0.3, 0.4) is 0 Å². The zero-order valence-corrected chi connectivity index (χ0v) is 13.5. The lowest BCUT2D eigenvalue weighted by Crippen LogP contribution is -2.30. The van der Waals surface area contributed by atoms with E-state index in [1.807, 2.05) is 6.07 Å². The van der Waals surface area contributed by atoms with Crippen molar-refractivity contribution in [3.63, 3.8) is 0 Å². The van der Waals surface area contributed by atoms with E-state index in [1.165, 1.54) is 7.11 Å². The Morgan fingerprint density at radius 1 is 1.12 bits per heavy atom. The Morgan fingerprint density at radius 2 is 1.96 bits per heavy atom. The minimum atomic E-state index is -0.487. The molecule has 0 fully saturated rings. The van der Waals surface area contributed by atoms with Gasteiger partial charge in [-0.05, 0) is 30.3 Å². The van der Waals surface area contributed by atoms with Crippen LogP contribution in [0.25, 0.3) is 5.69 Å². The molecule has 0 atom stereocenters. The number of amides is 1. The number of esters is 1. The Bertz CT molecular complexity index is 891. The number of carbonyl (C=O) groups excluding carboxylic acids is 2. The largest absolute Gasteiger partial charge is 0.465 e. The number of aromatic nitrogens is 2. The summed E-state index contributed by atoms with van der Waals surface area (Å²) in [5.74, 6) is -0.818. The minimum absolute atomic E-state index is 0.331. The molecule has 0 aliphatic carbocycles. The fourth-order valence-electron chi connectivity index (χ4n) is 2.30. The Labute approximate surface area is 144 Å². The van der Waals surface area contributed by atoms with Gasteiger partial charge in [0.15, 0.2) is 0 Å². The lowest BCUT2D eigenvalue weighted by atomic mass is 10.2. The topological polar surface area (TPSA) is 85.3 Å². The molecule has 3 rings (SSSR count). The molecule has 126 valence electrons. The summed E-state index contributed by atoms with van der Waals surface area (Å²) in [6, 6.07) is 13.8. The first kappa shape index (κ1) is 16.3. The quantitative estimate of drug-likeness (QED) is 0.552. The maximum atomic E-state index is 12.4. The Balaban J connectivity index is 1.74. The van der Waals surface area contributed by atoms with Crippen molar-refractivity contribution in [2.75, 3.05) is 12.5 Å². The van der Waals surface area contributed by atoms with Gasteiger partial charge in [-0.2, -0.15) is 0 Å². The van der Waals surface area contributed by atoms with Gasteiger partial charge in [0.1, 0.15) is 0 Å². The molecule has 0 bridgehead atoms. The summed E-state index contributed by atoms with van der Waals surface area (Å²) in [6.07, 6.45) is 5.11. The number of methoxy groups -OCH3 is 1. The lowest BCUT2D eigenvalue weighted by Gasteiger charge is -2.12. The Hall–Kier alpha value is -3.61. The fourth-order valence-corrected chi connectivity index (χ4v) is 2.30. The molecule has 3 aromatic rings. The molecule has 2 aromatic carbocycles. The number of ether oxygens (including phenoxy) is 1. The summed E-state index contributed by atoms with van der Waals surface area (Å²) in [6.45, 7) is 0. The molecule has 25 heavy (non-hydrogen) atoms. The molecule has 0 saturated carbocycles. The molecule has 1 heterocycles. The number of benzene rings is 2. The summed E-state index contributed by atoms with van der Waals surface area (Å²) < 4.78 is 6.53. The number of anilines is 1. The number of nitrogens with one attached hydrogen (secondary N) is 2. The van der Waals surface area contributed by atoms with Gasteiger partial charge in [0, 0.05) is 23.6 Å². The van der Waals surface area contributed by atoms with Crippen molar-refractivity contribution in [1.29, 1.82) is 0 Å². The van der Waals surface area contributed by atoms with E-state index in [9.17, 15) is 9.59 Å². The predicted molar refractivity (Wildman–Crippen MR) is 92.4 cm³/mol. The number of carbonyl (C=O) groups is 2. The smallest absolute Gasteiger partial charge is 0.340 e. The summed E-state index contributed by atoms with van der Waals surface area (Å²) >= 11 is 0. The number of hydrazine groups is 1. The summed E-state index contributed by atoms with van der Waals surface area (Å²) in [5, 5.41) is 0. The fraction of sp³-hybridized carbons (Fsp3) is 0.0556. The van der Waals surface area contributed by atoms with Crippen molar-refractivity contribution < 1.29 is 14.3 Å². The molecule has 7 nitrogen and oxygen atoms in total. The van der Waals surface area contributed by atoms with Gasteiger partial charge in [-0.1, -0.05) is 18.2 Å². The number of nitrogens with zero attached hydrogens (tertiary/aromatic N) is 2. The maximum Gasteiger partial charge on any atom is 0.340 e. The van der Waals surface area contributed by atoms with E-state index < -0.39 is 5.97 Å². The van der Waals surface area contributed by atoms with Crippen molar-refractivity contribution in [1.82, 2.24) is 15.0 Å². The van der Waals surface area contributed by atoms with Crippen molar-refractivity contribution >= 4 is 17.6 Å². The second-order valence-electron chi connectivity index (χ2n) is 5.14. The molecule has 0 saturated heterocycles. The SMILES string of the molecule is COC(=O)c1ccccc1NNC(=O)c1cccc(-n2ccnc2)c1. The molecule has 0 spiro atoms. The van der Waals surface area contributed by atoms with E-state index in [2.05, 4.69) is 15.8 Å². The third kappa shape index (κ3) is 3.66. The van der Waals surface area contributed by atoms with Crippen molar-refractivity contribution in [2.45, 2.75) is 0 Å². The first-order valence-electron chi connectivity index (χ1n) is 7.51. The van der Waals surface area contributed by atoms with Gasteiger partial charge >= 0.3 is 5.97 Å². The van der Waals surface area contributed by atoms with Crippen LogP contribution in [-0.4, -0.2) is 28.5 Å². The van der Waals surface area contributed by atoms with Crippen LogP contribution >= 0.6 is 0 Å². The van der Waals surface area contributed by atoms with Crippen molar-refractivity contribution in [3.8, 4) is 5.69 Å². The highest BCUT2D eigenvalue weighted by molar-refractivity contribution is 5.98. The monoisotopic (exact) mass is 336 g/mol. The van der Waals surface area contributed by atoms with E-state index in [4.69, 9.17) is 4.74 Å². The summed E-state index contributed by atoms with van der Waals surface area (Å²) in [5.41, 5.74) is 7.42. The predicted octanol–water partition coefficient (Wildman–Crippen LogP) is 2.42. The molecule has 1 amide bonds. The average Bonchev–Trinajstić information content (AvgIpc) is 3.20. The summed E-state index contributed by atoms with van der Waals surface area (Å²) in [4.78, 5) is 28.1. The standard InChI is InChI=1S/C18H16N4O3/c1-25-18(24)15-7-2-3-8-16(15)20-21-17(23)13-5-4-6-14(11-13)22-10-9-19-12-22/h2-12,20H,1H3,(H,21,23). The molecule has 0 aliphatic rings. The van der Waals surface area contributed by atoms with Gasteiger partial charge in [-0.3, -0.25) is 15.6 Å². The molecule has 2 N–H and O–H groups in total. The molecule has 0 unspecified atom stereocenters. The zero-order valence-electron chi connectivity index (χ0n) is 13.5. The highest BCUT2D eigenvalue weighted by Gasteiger charge is 2.12. The van der Waals surface area contributed by atoms with E-state index in [0.717, 1.165) is 5.69 Å². The van der Waals surface area contributed by atoms with Gasteiger partial charge < -0.3 is 9.30 Å². The van der Waals surface area contributed by atoms with Crippen LogP contribution in [0.1, 0.15) is 20.7 Å². The van der Waals surface area contributed by atoms with E-state index in [-0.39, 0.29) is 5.91 Å². The normalized spacial score (nSPS) is 10.1. The number of hydrogen-bond acceptors (Lipinski definition) is 5. The second kappa shape index (κ2) is 7.31. The first-order valence-corrected chi connectivity index (χ1v) is 7.51. The second-order valence-corrected chi connectivity index (χ2v) is 5.14. The van der Waals surface area contributed by atoms with Crippen LogP contribution in [-0.2, 0) is 4.74 Å². The Morgan fingerprint density at radius 3 is 2.72 bits per heavy atom. The lowest BCUT2D eigenvalue weighted by molar-refractivity contribution is 0.0601. The van der Waals surface area contributed by atoms with Crippen LogP contribution in [0.2, 0.25) is 0 Å². The van der Waals surface area contributed by atoms with Gasteiger partial charge in [0.2, 0.25) is 0 Å². The minimum Gasteiger partial charge on any atom is -0.465 e. The van der Waals surface area contributed by atoms with Crippen molar-refractivity contribution in [2.24, 2.45) is 0 Å². The molecular formula is C18H16N4O3. The third-order valence-electron chi connectivity index (χ3n) is 3.55. The van der Waals surface area contributed by atoms with Gasteiger partial charge in [-0.15, -0.1) is 0 Å². The number of imidazole rings is 1. The molecule has 7 heteroatoms. The number of hydrogen-bond donors (Lipinski definition) is 2. The van der Waals surface area contributed by atoms with Gasteiger partial charge in [0.25, 0.3) is 5.91 Å². The first-order chi connectivity index (χ1) is 12.2. The maximum absolute atomic E-state index is 12.4. The Kier molecular flexibility index (Phi) is 4.75. The molecule has 1 aromatic heterocycles. The van der Waals surface area contributed by atoms with E-state index in [1.54, 1.807) is 65.8 Å². The summed E-state index contributed by atoms with van der Waals surface area (Å²) in [7, 11) is 1.30. The van der Waals surface area contributed by atoms with Gasteiger partial charge in [0.05, 0.1) is 24.7 Å². The van der Waals surface area contributed by atoms with E-state index >= 15 is 0 Å². The van der Waals surface area contributed by atoms with Crippen LogP contribution in [0.15, 0.2) is 67.3 Å². The zero-order chi connectivity index (χ0) is 17.6. The molecular weight excluding hydrogens is 320 g/mol. The molecule has 0 aliphatic heterocycles. The average molecular weight is 336 g/mol. The highest BCUT2D eigenvalue weighted by atomic mass is 16.5. The molecule has 0 radical (unpaired) electrons. The van der Waals surface area contributed by atoms with E-state index in [0.29, 0.717) is 16.8 Å². The highest BCUT2D eigenvalue weighted by Crippen LogP contribution is 2.15. The van der Waals surface area contributed by atoms with Crippen LogP contribution in [0.4, 0.5) is 5.69 Å². The third-order valence-corrected chi connectivity index (χ3v) is 3.55. The van der Waals surface area contributed by atoms with Crippen LogP contribution in [0, 0.1) is 0 Å². The van der Waals surface area contributed by atoms with Crippen LogP contribution in [0.5, 0.6) is 0 Å². The van der Waals surface area contributed by atoms with Crippen molar-refractivity contribution in [3.05, 3.63) is 78.4 Å².